The lowest BCUT2D eigenvalue weighted by molar-refractivity contribution is 0.104. The molecule has 4 heteroatoms. The van der Waals surface area contributed by atoms with Crippen LogP contribution in [-0.4, -0.2) is 5.78 Å². The van der Waals surface area contributed by atoms with Gasteiger partial charge >= 0.3 is 0 Å². The molecule has 0 spiro atoms. The predicted octanol–water partition coefficient (Wildman–Crippen LogP) is 4.79. The third-order valence-corrected chi connectivity index (χ3v) is 5.26. The van der Waals surface area contributed by atoms with Crippen molar-refractivity contribution in [3.05, 3.63) is 62.9 Å². The van der Waals surface area contributed by atoms with Crippen LogP contribution in [0.1, 0.15) is 21.5 Å². The monoisotopic (exact) mass is 345 g/mol. The number of anilines is 1. The van der Waals surface area contributed by atoms with E-state index in [1.54, 1.807) is 17.4 Å². The van der Waals surface area contributed by atoms with E-state index in [2.05, 4.69) is 15.9 Å². The van der Waals surface area contributed by atoms with Gasteiger partial charge in [0.05, 0.1) is 0 Å². The molecule has 1 aromatic heterocycles. The van der Waals surface area contributed by atoms with Gasteiger partial charge in [-0.15, -0.1) is 11.3 Å². The molecule has 3 rings (SSSR count). The maximum Gasteiger partial charge on any atom is 0.194 e. The van der Waals surface area contributed by atoms with Crippen molar-refractivity contribution in [2.75, 3.05) is 5.73 Å². The summed E-state index contributed by atoms with van der Waals surface area (Å²) in [4.78, 5) is 12.7. The third kappa shape index (κ3) is 2.15. The molecule has 100 valence electrons. The Balaban J connectivity index is 2.18. The van der Waals surface area contributed by atoms with Crippen molar-refractivity contribution >= 4 is 48.8 Å². The second kappa shape index (κ2) is 5.04. The fraction of sp³-hybridized carbons (Fsp3) is 0.0625. The molecular weight excluding hydrogens is 334 g/mol. The number of aryl methyl sites for hydroxylation is 1. The van der Waals surface area contributed by atoms with Crippen LogP contribution in [0.5, 0.6) is 0 Å². The van der Waals surface area contributed by atoms with Crippen LogP contribution >= 0.6 is 27.3 Å². The Morgan fingerprint density at radius 2 is 2.00 bits per heavy atom. The second-order valence-corrected chi connectivity index (χ2v) is 6.40. The quantitative estimate of drug-likeness (QED) is 0.536. The van der Waals surface area contributed by atoms with E-state index >= 15 is 0 Å². The van der Waals surface area contributed by atoms with Crippen LogP contribution in [0.25, 0.3) is 10.1 Å². The largest absolute Gasteiger partial charge is 0.399 e. The summed E-state index contributed by atoms with van der Waals surface area (Å²) in [5.41, 5.74) is 8.76. The van der Waals surface area contributed by atoms with E-state index in [0.29, 0.717) is 11.3 Å². The van der Waals surface area contributed by atoms with Gasteiger partial charge in [-0.1, -0.05) is 18.2 Å². The van der Waals surface area contributed by atoms with E-state index in [1.165, 1.54) is 0 Å². The summed E-state index contributed by atoms with van der Waals surface area (Å²) < 4.78 is 2.11. The molecule has 0 saturated heterocycles. The number of thiophene rings is 1. The first kappa shape index (κ1) is 13.3. The van der Waals surface area contributed by atoms with Gasteiger partial charge in [0.2, 0.25) is 0 Å². The predicted molar refractivity (Wildman–Crippen MR) is 88.5 cm³/mol. The smallest absolute Gasteiger partial charge is 0.194 e. The van der Waals surface area contributed by atoms with Crippen LogP contribution in [0.3, 0.4) is 0 Å². The minimum absolute atomic E-state index is 0.0270. The fourth-order valence-electron chi connectivity index (χ4n) is 2.23. The van der Waals surface area contributed by atoms with Gasteiger partial charge < -0.3 is 5.73 Å². The molecule has 0 aliphatic carbocycles. The van der Waals surface area contributed by atoms with E-state index in [4.69, 9.17) is 5.73 Å². The molecule has 0 amide bonds. The SMILES string of the molecule is Cc1ccc(N)cc1C(=O)c1csc2c(Br)cccc12. The molecule has 20 heavy (non-hydrogen) atoms. The number of ketones is 1. The molecule has 1 heterocycles. The summed E-state index contributed by atoms with van der Waals surface area (Å²) >= 11 is 5.10. The minimum atomic E-state index is 0.0270. The average Bonchev–Trinajstić information content (AvgIpc) is 2.86. The van der Waals surface area contributed by atoms with Gasteiger partial charge in [0.1, 0.15) is 0 Å². The number of carbonyl (C=O) groups excluding carboxylic acids is 1. The molecular formula is C16H12BrNOS. The Hall–Kier alpha value is -1.65. The lowest BCUT2D eigenvalue weighted by atomic mass is 9.98. The Morgan fingerprint density at radius 3 is 2.80 bits per heavy atom. The van der Waals surface area contributed by atoms with Gasteiger partial charge in [-0.3, -0.25) is 4.79 Å². The number of benzene rings is 2. The lowest BCUT2D eigenvalue weighted by Crippen LogP contribution is -2.04. The maximum atomic E-state index is 12.7. The van der Waals surface area contributed by atoms with Gasteiger partial charge in [0.15, 0.2) is 5.78 Å². The number of carbonyl (C=O) groups is 1. The number of fused-ring (bicyclic) bond motifs is 1. The Kier molecular flexibility index (Phi) is 3.36. The van der Waals surface area contributed by atoms with E-state index < -0.39 is 0 Å². The van der Waals surface area contributed by atoms with Crippen molar-refractivity contribution in [1.82, 2.24) is 0 Å². The van der Waals surface area contributed by atoms with Crippen molar-refractivity contribution in [2.45, 2.75) is 6.92 Å². The topological polar surface area (TPSA) is 43.1 Å². The zero-order chi connectivity index (χ0) is 14.3. The highest BCUT2D eigenvalue weighted by molar-refractivity contribution is 9.10. The molecule has 0 radical (unpaired) electrons. The van der Waals surface area contributed by atoms with Gasteiger partial charge in [0.25, 0.3) is 0 Å². The van der Waals surface area contributed by atoms with E-state index in [1.807, 2.05) is 42.6 Å². The first-order valence-corrected chi connectivity index (χ1v) is 7.81. The van der Waals surface area contributed by atoms with Crippen LogP contribution in [0.4, 0.5) is 5.69 Å². The van der Waals surface area contributed by atoms with E-state index in [0.717, 1.165) is 25.7 Å². The van der Waals surface area contributed by atoms with E-state index in [9.17, 15) is 4.79 Å². The molecule has 3 aromatic rings. The first-order chi connectivity index (χ1) is 9.58. The lowest BCUT2D eigenvalue weighted by Gasteiger charge is -2.05. The minimum Gasteiger partial charge on any atom is -0.399 e. The molecule has 0 atom stereocenters. The molecule has 0 saturated carbocycles. The summed E-state index contributed by atoms with van der Waals surface area (Å²) in [5.74, 6) is 0.0270. The Bertz CT molecular complexity index is 822. The molecule has 0 bridgehead atoms. The first-order valence-electron chi connectivity index (χ1n) is 6.14. The Morgan fingerprint density at radius 1 is 1.20 bits per heavy atom. The number of hydrogen-bond donors (Lipinski definition) is 1. The van der Waals surface area contributed by atoms with Gasteiger partial charge in [-0.05, 0) is 46.6 Å². The van der Waals surface area contributed by atoms with Crippen LogP contribution in [-0.2, 0) is 0 Å². The number of rotatable bonds is 2. The highest BCUT2D eigenvalue weighted by atomic mass is 79.9. The molecule has 0 fully saturated rings. The molecule has 2 N–H and O–H groups in total. The number of nitrogens with two attached hydrogens (primary N) is 1. The highest BCUT2D eigenvalue weighted by Gasteiger charge is 2.17. The van der Waals surface area contributed by atoms with Gasteiger partial charge in [-0.2, -0.15) is 0 Å². The number of nitrogen functional groups attached to an aromatic ring is 1. The zero-order valence-corrected chi connectivity index (χ0v) is 13.2. The average molecular weight is 346 g/mol. The number of halogens is 1. The normalized spacial score (nSPS) is 10.9. The zero-order valence-electron chi connectivity index (χ0n) is 10.8. The highest BCUT2D eigenvalue weighted by Crippen LogP contribution is 2.33. The van der Waals surface area contributed by atoms with Crippen LogP contribution in [0.15, 0.2) is 46.3 Å². The van der Waals surface area contributed by atoms with Crippen molar-refractivity contribution < 1.29 is 4.79 Å². The van der Waals surface area contributed by atoms with Crippen LogP contribution < -0.4 is 5.73 Å². The van der Waals surface area contributed by atoms with Gasteiger partial charge in [0, 0.05) is 36.8 Å². The van der Waals surface area contributed by atoms with Crippen molar-refractivity contribution in [3.8, 4) is 0 Å². The summed E-state index contributed by atoms with van der Waals surface area (Å²) in [6.07, 6.45) is 0. The molecule has 2 aromatic carbocycles. The summed E-state index contributed by atoms with van der Waals surface area (Å²) in [6.45, 7) is 1.93. The fourth-order valence-corrected chi connectivity index (χ4v) is 3.83. The van der Waals surface area contributed by atoms with Crippen molar-refractivity contribution in [2.24, 2.45) is 0 Å². The summed E-state index contributed by atoms with van der Waals surface area (Å²) in [6, 6.07) is 11.4. The molecule has 2 nitrogen and oxygen atoms in total. The van der Waals surface area contributed by atoms with E-state index in [-0.39, 0.29) is 5.78 Å². The van der Waals surface area contributed by atoms with Crippen molar-refractivity contribution in [3.63, 3.8) is 0 Å². The van der Waals surface area contributed by atoms with Crippen LogP contribution in [0, 0.1) is 6.92 Å². The number of hydrogen-bond acceptors (Lipinski definition) is 3. The second-order valence-electron chi connectivity index (χ2n) is 4.67. The maximum absolute atomic E-state index is 12.7. The molecule has 0 aliphatic rings. The third-order valence-electron chi connectivity index (χ3n) is 3.30. The molecule has 0 unspecified atom stereocenters. The van der Waals surface area contributed by atoms with Crippen molar-refractivity contribution in [1.29, 1.82) is 0 Å². The van der Waals surface area contributed by atoms with Gasteiger partial charge in [-0.25, -0.2) is 0 Å². The Labute approximate surface area is 129 Å². The summed E-state index contributed by atoms with van der Waals surface area (Å²) in [7, 11) is 0. The summed E-state index contributed by atoms with van der Waals surface area (Å²) in [5, 5.41) is 2.90. The van der Waals surface area contributed by atoms with Crippen LogP contribution in [0.2, 0.25) is 0 Å². The molecule has 0 aliphatic heterocycles. The standard InChI is InChI=1S/C16H12BrNOS/c1-9-5-6-10(18)7-12(9)15(19)13-8-20-16-11(13)3-2-4-14(16)17/h2-8H,18H2,1H3.